The van der Waals surface area contributed by atoms with Gasteiger partial charge in [0.15, 0.2) is 17.5 Å². The smallest absolute Gasteiger partial charge is 0.251 e. The molecule has 2 aromatic rings. The molecule has 1 amide bonds. The van der Waals surface area contributed by atoms with Crippen molar-refractivity contribution < 1.29 is 18.0 Å². The number of carbonyl (C=O) groups excluding carboxylic acids is 1. The summed E-state index contributed by atoms with van der Waals surface area (Å²) in [5.41, 5.74) is 0.549. The van der Waals surface area contributed by atoms with Crippen molar-refractivity contribution in [3.63, 3.8) is 0 Å². The molecule has 0 aliphatic heterocycles. The number of nitrogens with one attached hydrogen (secondary N) is 2. The van der Waals surface area contributed by atoms with Crippen molar-refractivity contribution in [2.24, 2.45) is 0 Å². The maximum atomic E-state index is 12.9. The van der Waals surface area contributed by atoms with Gasteiger partial charge in [0.25, 0.3) is 5.91 Å². The fourth-order valence-corrected chi connectivity index (χ4v) is 1.44. The molecule has 0 saturated carbocycles. The topological polar surface area (TPSA) is 44.9 Å². The molecule has 0 unspecified atom stereocenters. The molecule has 0 radical (unpaired) electrons. The lowest BCUT2D eigenvalue weighted by atomic mass is 10.2. The Balaban J connectivity index is 2.09. The van der Waals surface area contributed by atoms with Crippen LogP contribution in [0.25, 0.3) is 0 Å². The molecule has 94 valence electrons. The van der Waals surface area contributed by atoms with Gasteiger partial charge in [-0.15, -0.1) is 0 Å². The molecule has 0 spiro atoms. The van der Waals surface area contributed by atoms with Gasteiger partial charge in [0, 0.05) is 24.5 Å². The second-order valence-electron chi connectivity index (χ2n) is 3.66. The summed E-state index contributed by atoms with van der Waals surface area (Å²) in [6.07, 6.45) is 3.35. The zero-order chi connectivity index (χ0) is 13.1. The summed E-state index contributed by atoms with van der Waals surface area (Å²) in [6, 6.07) is 3.06. The Morgan fingerprint density at radius 1 is 1.22 bits per heavy atom. The first-order chi connectivity index (χ1) is 8.58. The van der Waals surface area contributed by atoms with Crippen molar-refractivity contribution in [3.05, 3.63) is 59.2 Å². The Kier molecular flexibility index (Phi) is 3.36. The first-order valence-electron chi connectivity index (χ1n) is 5.12. The quantitative estimate of drug-likeness (QED) is 0.811. The van der Waals surface area contributed by atoms with Crippen LogP contribution in [-0.4, -0.2) is 10.9 Å². The molecule has 2 rings (SSSR count). The van der Waals surface area contributed by atoms with Crippen LogP contribution in [0.15, 0.2) is 30.6 Å². The number of H-pyrrole nitrogens is 1. The summed E-state index contributed by atoms with van der Waals surface area (Å²) in [4.78, 5) is 14.4. The third-order valence-electron chi connectivity index (χ3n) is 2.36. The highest BCUT2D eigenvalue weighted by molar-refractivity contribution is 5.94. The van der Waals surface area contributed by atoms with Crippen LogP contribution in [0.4, 0.5) is 13.2 Å². The minimum absolute atomic E-state index is 0.211. The van der Waals surface area contributed by atoms with Gasteiger partial charge in [0.2, 0.25) is 0 Å². The number of aromatic nitrogens is 1. The van der Waals surface area contributed by atoms with Crippen LogP contribution in [0.5, 0.6) is 0 Å². The molecule has 0 bridgehead atoms. The molecule has 3 nitrogen and oxygen atoms in total. The lowest BCUT2D eigenvalue weighted by Gasteiger charge is -2.05. The van der Waals surface area contributed by atoms with E-state index in [9.17, 15) is 18.0 Å². The molecule has 1 aromatic heterocycles. The summed E-state index contributed by atoms with van der Waals surface area (Å²) >= 11 is 0. The Hall–Kier alpha value is -2.24. The molecule has 0 fully saturated rings. The third kappa shape index (κ3) is 2.53. The van der Waals surface area contributed by atoms with Crippen LogP contribution < -0.4 is 5.32 Å². The Morgan fingerprint density at radius 3 is 2.44 bits per heavy atom. The van der Waals surface area contributed by atoms with Crippen LogP contribution >= 0.6 is 0 Å². The van der Waals surface area contributed by atoms with E-state index in [1.54, 1.807) is 18.5 Å². The molecule has 6 heteroatoms. The number of carbonyl (C=O) groups is 1. The minimum atomic E-state index is -1.59. The van der Waals surface area contributed by atoms with E-state index in [1.165, 1.54) is 0 Å². The van der Waals surface area contributed by atoms with Gasteiger partial charge in [0.05, 0.1) is 0 Å². The average molecular weight is 254 g/mol. The molecule has 0 saturated heterocycles. The molecule has 0 aliphatic carbocycles. The lowest BCUT2D eigenvalue weighted by molar-refractivity contribution is 0.0949. The summed E-state index contributed by atoms with van der Waals surface area (Å²) in [6.45, 7) is 0.211. The fraction of sp³-hybridized carbons (Fsp3) is 0.0833. The first kappa shape index (κ1) is 12.2. The Bertz CT molecular complexity index is 544. The second-order valence-corrected chi connectivity index (χ2v) is 3.66. The molecule has 1 heterocycles. The number of hydrogen-bond acceptors (Lipinski definition) is 1. The molecule has 1 aromatic carbocycles. The van der Waals surface area contributed by atoms with Crippen molar-refractivity contribution in [2.75, 3.05) is 0 Å². The summed E-state index contributed by atoms with van der Waals surface area (Å²) in [5, 5.41) is 2.46. The number of hydrogen-bond donors (Lipinski definition) is 2. The van der Waals surface area contributed by atoms with E-state index in [-0.39, 0.29) is 12.1 Å². The number of rotatable bonds is 3. The highest BCUT2D eigenvalue weighted by Crippen LogP contribution is 2.13. The predicted octanol–water partition coefficient (Wildman–Crippen LogP) is 2.36. The lowest BCUT2D eigenvalue weighted by Crippen LogP contribution is -2.23. The van der Waals surface area contributed by atoms with Gasteiger partial charge >= 0.3 is 0 Å². The van der Waals surface area contributed by atoms with Crippen molar-refractivity contribution in [3.8, 4) is 0 Å². The molecular weight excluding hydrogens is 245 g/mol. The SMILES string of the molecule is O=C(NCc1cc[nH]c1)c1cc(F)c(F)c(F)c1. The normalized spacial score (nSPS) is 10.4. The van der Waals surface area contributed by atoms with Crippen molar-refractivity contribution in [1.82, 2.24) is 10.3 Å². The van der Waals surface area contributed by atoms with E-state index in [0.717, 1.165) is 5.56 Å². The van der Waals surface area contributed by atoms with E-state index in [1.807, 2.05) is 0 Å². The van der Waals surface area contributed by atoms with Crippen molar-refractivity contribution in [2.45, 2.75) is 6.54 Å². The average Bonchev–Trinajstić information content (AvgIpc) is 2.85. The number of aromatic amines is 1. The van der Waals surface area contributed by atoms with Crippen molar-refractivity contribution >= 4 is 5.91 Å². The maximum Gasteiger partial charge on any atom is 0.251 e. The summed E-state index contributed by atoms with van der Waals surface area (Å²) < 4.78 is 38.5. The zero-order valence-electron chi connectivity index (χ0n) is 9.14. The van der Waals surface area contributed by atoms with Crippen LogP contribution in [0.2, 0.25) is 0 Å². The molecule has 2 N–H and O–H groups in total. The van der Waals surface area contributed by atoms with Gasteiger partial charge in [-0.05, 0) is 23.8 Å². The number of amides is 1. The van der Waals surface area contributed by atoms with Gasteiger partial charge in [-0.1, -0.05) is 0 Å². The highest BCUT2D eigenvalue weighted by atomic mass is 19.2. The monoisotopic (exact) mass is 254 g/mol. The third-order valence-corrected chi connectivity index (χ3v) is 2.36. The van der Waals surface area contributed by atoms with Gasteiger partial charge in [-0.25, -0.2) is 13.2 Å². The van der Waals surface area contributed by atoms with E-state index >= 15 is 0 Å². The molecule has 0 aliphatic rings. The Labute approximate surface area is 101 Å². The molecular formula is C12H9F3N2O. The van der Waals surface area contributed by atoms with Crippen LogP contribution in [0, 0.1) is 17.5 Å². The second kappa shape index (κ2) is 4.95. The van der Waals surface area contributed by atoms with E-state index in [4.69, 9.17) is 0 Å². The fourth-order valence-electron chi connectivity index (χ4n) is 1.44. The molecule has 0 atom stereocenters. The van der Waals surface area contributed by atoms with Gasteiger partial charge < -0.3 is 10.3 Å². The van der Waals surface area contributed by atoms with Crippen LogP contribution in [-0.2, 0) is 6.54 Å². The highest BCUT2D eigenvalue weighted by Gasteiger charge is 2.14. The Morgan fingerprint density at radius 2 is 1.89 bits per heavy atom. The first-order valence-corrected chi connectivity index (χ1v) is 5.12. The maximum absolute atomic E-state index is 12.9. The minimum Gasteiger partial charge on any atom is -0.367 e. The number of halogens is 3. The van der Waals surface area contributed by atoms with Gasteiger partial charge in [-0.3, -0.25) is 4.79 Å². The van der Waals surface area contributed by atoms with E-state index in [0.29, 0.717) is 12.1 Å². The van der Waals surface area contributed by atoms with Crippen LogP contribution in [0.1, 0.15) is 15.9 Å². The summed E-state index contributed by atoms with van der Waals surface area (Å²) in [7, 11) is 0. The van der Waals surface area contributed by atoms with Gasteiger partial charge in [0.1, 0.15) is 0 Å². The van der Waals surface area contributed by atoms with Gasteiger partial charge in [-0.2, -0.15) is 0 Å². The van der Waals surface area contributed by atoms with E-state index in [2.05, 4.69) is 10.3 Å². The number of benzene rings is 1. The zero-order valence-corrected chi connectivity index (χ0v) is 9.14. The van der Waals surface area contributed by atoms with E-state index < -0.39 is 23.4 Å². The largest absolute Gasteiger partial charge is 0.367 e. The van der Waals surface area contributed by atoms with Crippen LogP contribution in [0.3, 0.4) is 0 Å². The summed E-state index contributed by atoms with van der Waals surface area (Å²) in [5.74, 6) is -5.03. The predicted molar refractivity (Wildman–Crippen MR) is 58.3 cm³/mol. The van der Waals surface area contributed by atoms with Crippen molar-refractivity contribution in [1.29, 1.82) is 0 Å². The molecule has 18 heavy (non-hydrogen) atoms. The standard InChI is InChI=1S/C12H9F3N2O/c13-9-3-8(4-10(14)11(9)15)12(18)17-6-7-1-2-16-5-7/h1-5,16H,6H2,(H,17,18).